The van der Waals surface area contributed by atoms with Crippen molar-refractivity contribution in [3.8, 4) is 0 Å². The van der Waals surface area contributed by atoms with Gasteiger partial charge in [0.1, 0.15) is 10.7 Å². The van der Waals surface area contributed by atoms with E-state index in [4.69, 9.17) is 11.6 Å². The van der Waals surface area contributed by atoms with Crippen LogP contribution in [0.2, 0.25) is 5.02 Å². The molecule has 0 saturated carbocycles. The Bertz CT molecular complexity index is 487. The van der Waals surface area contributed by atoms with Crippen LogP contribution >= 0.6 is 11.6 Å². The molecule has 1 N–H and O–H groups in total. The van der Waals surface area contributed by atoms with Gasteiger partial charge in [0, 0.05) is 18.6 Å². The highest BCUT2D eigenvalue weighted by atomic mass is 35.5. The Morgan fingerprint density at radius 1 is 1.55 bits per heavy atom. The number of hydrogen-bond acceptors (Lipinski definition) is 4. The predicted molar refractivity (Wildman–Crippen MR) is 81.6 cm³/mol. The largest absolute Gasteiger partial charge is 0.362 e. The summed E-state index contributed by atoms with van der Waals surface area (Å²) in [6, 6.07) is 5.67. The van der Waals surface area contributed by atoms with Gasteiger partial charge in [-0.15, -0.1) is 0 Å². The quantitative estimate of drug-likeness (QED) is 0.670. The first-order chi connectivity index (χ1) is 9.50. The average molecular weight is 298 g/mol. The van der Waals surface area contributed by atoms with Crippen molar-refractivity contribution in [2.24, 2.45) is 0 Å². The first-order valence-corrected chi connectivity index (χ1v) is 7.31. The minimum Gasteiger partial charge on any atom is -0.362 e. The summed E-state index contributed by atoms with van der Waals surface area (Å²) in [5.74, 6) is 0. The van der Waals surface area contributed by atoms with E-state index in [9.17, 15) is 10.1 Å². The highest BCUT2D eigenvalue weighted by molar-refractivity contribution is 6.33. The van der Waals surface area contributed by atoms with Crippen molar-refractivity contribution >= 4 is 23.0 Å². The molecule has 0 spiro atoms. The molecule has 0 bridgehead atoms. The van der Waals surface area contributed by atoms with Gasteiger partial charge >= 0.3 is 5.69 Å². The fourth-order valence-electron chi connectivity index (χ4n) is 2.65. The smallest absolute Gasteiger partial charge is 0.310 e. The van der Waals surface area contributed by atoms with E-state index in [1.165, 1.54) is 0 Å². The number of halogens is 1. The van der Waals surface area contributed by atoms with Crippen molar-refractivity contribution in [1.82, 2.24) is 5.32 Å². The summed E-state index contributed by atoms with van der Waals surface area (Å²) in [4.78, 5) is 13.0. The van der Waals surface area contributed by atoms with Gasteiger partial charge in [-0.05, 0) is 45.4 Å². The van der Waals surface area contributed by atoms with Crippen LogP contribution < -0.4 is 10.2 Å². The van der Waals surface area contributed by atoms with Crippen molar-refractivity contribution in [2.45, 2.75) is 38.8 Å². The molecule has 1 atom stereocenters. The van der Waals surface area contributed by atoms with Crippen LogP contribution in [0.4, 0.5) is 11.4 Å². The van der Waals surface area contributed by atoms with Gasteiger partial charge < -0.3 is 10.2 Å². The monoisotopic (exact) mass is 297 g/mol. The van der Waals surface area contributed by atoms with Crippen molar-refractivity contribution in [3.05, 3.63) is 33.3 Å². The molecule has 1 saturated heterocycles. The van der Waals surface area contributed by atoms with E-state index in [0.29, 0.717) is 11.7 Å². The van der Waals surface area contributed by atoms with E-state index < -0.39 is 4.92 Å². The molecule has 1 fully saturated rings. The van der Waals surface area contributed by atoms with E-state index in [1.54, 1.807) is 18.2 Å². The Morgan fingerprint density at radius 3 is 2.85 bits per heavy atom. The van der Waals surface area contributed by atoms with E-state index in [-0.39, 0.29) is 16.8 Å². The molecule has 0 aliphatic carbocycles. The number of anilines is 1. The Balaban J connectivity index is 2.33. The van der Waals surface area contributed by atoms with Crippen LogP contribution in [0, 0.1) is 10.1 Å². The topological polar surface area (TPSA) is 58.4 Å². The Hall–Kier alpha value is -1.33. The third kappa shape index (κ3) is 3.22. The van der Waals surface area contributed by atoms with Gasteiger partial charge in [-0.3, -0.25) is 10.1 Å². The maximum atomic E-state index is 11.3. The highest BCUT2D eigenvalue weighted by Crippen LogP contribution is 2.36. The van der Waals surface area contributed by atoms with Crippen LogP contribution in [0.5, 0.6) is 0 Å². The van der Waals surface area contributed by atoms with Crippen molar-refractivity contribution in [2.75, 3.05) is 18.0 Å². The Labute approximate surface area is 124 Å². The van der Waals surface area contributed by atoms with Crippen LogP contribution in [0.25, 0.3) is 0 Å². The van der Waals surface area contributed by atoms with E-state index in [2.05, 4.69) is 10.2 Å². The van der Waals surface area contributed by atoms with Crippen molar-refractivity contribution in [1.29, 1.82) is 0 Å². The second-order valence-corrected chi connectivity index (χ2v) is 5.81. The van der Waals surface area contributed by atoms with Crippen LogP contribution in [0.3, 0.4) is 0 Å². The molecule has 20 heavy (non-hydrogen) atoms. The third-order valence-corrected chi connectivity index (χ3v) is 3.97. The zero-order valence-corrected chi connectivity index (χ0v) is 12.6. The lowest BCUT2D eigenvalue weighted by molar-refractivity contribution is -0.384. The molecule has 1 heterocycles. The number of nitro benzene ring substituents is 1. The second kappa shape index (κ2) is 6.41. The maximum Gasteiger partial charge on any atom is 0.310 e. The molecule has 1 unspecified atom stereocenters. The Kier molecular flexibility index (Phi) is 4.83. The lowest BCUT2D eigenvalue weighted by atomic mass is 10.1. The summed E-state index contributed by atoms with van der Waals surface area (Å²) in [5, 5.41) is 14.9. The number of hydrogen-bond donors (Lipinski definition) is 1. The van der Waals surface area contributed by atoms with Gasteiger partial charge in [0.2, 0.25) is 0 Å². The molecule has 110 valence electrons. The molecular formula is C14H20ClN3O2. The molecule has 0 radical (unpaired) electrons. The first kappa shape index (κ1) is 15.1. The van der Waals surface area contributed by atoms with Crippen LogP contribution in [0.15, 0.2) is 18.2 Å². The first-order valence-electron chi connectivity index (χ1n) is 6.93. The molecule has 1 aromatic rings. The van der Waals surface area contributed by atoms with Crippen molar-refractivity contribution in [3.63, 3.8) is 0 Å². The minimum atomic E-state index is -0.394. The summed E-state index contributed by atoms with van der Waals surface area (Å²) >= 11 is 6.01. The third-order valence-electron chi connectivity index (χ3n) is 3.66. The van der Waals surface area contributed by atoms with Gasteiger partial charge in [-0.25, -0.2) is 0 Å². The van der Waals surface area contributed by atoms with E-state index in [0.717, 1.165) is 25.9 Å². The summed E-state index contributed by atoms with van der Waals surface area (Å²) < 4.78 is 0. The maximum absolute atomic E-state index is 11.3. The molecule has 0 amide bonds. The normalized spacial score (nSPS) is 18.5. The molecule has 2 rings (SSSR count). The van der Waals surface area contributed by atoms with Gasteiger partial charge in [-0.2, -0.15) is 0 Å². The number of nitrogens with zero attached hydrogens (tertiary/aromatic N) is 2. The van der Waals surface area contributed by atoms with E-state index in [1.807, 2.05) is 13.8 Å². The SMILES string of the molecule is CC(C)N(CC1CCCN1)c1cccc(Cl)c1[N+](=O)[O-]. The zero-order chi connectivity index (χ0) is 14.7. The lowest BCUT2D eigenvalue weighted by Crippen LogP contribution is -2.41. The number of rotatable bonds is 5. The van der Waals surface area contributed by atoms with Gasteiger partial charge in [0.25, 0.3) is 0 Å². The number of benzene rings is 1. The fraction of sp³-hybridized carbons (Fsp3) is 0.571. The van der Waals surface area contributed by atoms with Crippen LogP contribution in [-0.4, -0.2) is 30.1 Å². The van der Waals surface area contributed by atoms with Gasteiger partial charge in [0.15, 0.2) is 0 Å². The van der Waals surface area contributed by atoms with Gasteiger partial charge in [0.05, 0.1) is 4.92 Å². The Morgan fingerprint density at radius 2 is 2.30 bits per heavy atom. The second-order valence-electron chi connectivity index (χ2n) is 5.40. The summed E-state index contributed by atoms with van der Waals surface area (Å²) in [6.45, 7) is 5.87. The molecule has 1 aliphatic heterocycles. The summed E-state index contributed by atoms with van der Waals surface area (Å²) in [5.41, 5.74) is 0.604. The van der Waals surface area contributed by atoms with E-state index >= 15 is 0 Å². The highest BCUT2D eigenvalue weighted by Gasteiger charge is 2.27. The minimum absolute atomic E-state index is 0.000800. The van der Waals surface area contributed by atoms with Crippen LogP contribution in [-0.2, 0) is 0 Å². The molecular weight excluding hydrogens is 278 g/mol. The summed E-state index contributed by atoms with van der Waals surface area (Å²) in [7, 11) is 0. The standard InChI is InChI=1S/C14H20ClN3O2/c1-10(2)17(9-11-5-4-8-16-11)13-7-3-6-12(15)14(13)18(19)20/h3,6-7,10-11,16H,4-5,8-9H2,1-2H3. The predicted octanol–water partition coefficient (Wildman–Crippen LogP) is 3.22. The molecule has 5 nitrogen and oxygen atoms in total. The molecule has 1 aliphatic rings. The fourth-order valence-corrected chi connectivity index (χ4v) is 2.89. The average Bonchev–Trinajstić information content (AvgIpc) is 2.87. The summed E-state index contributed by atoms with van der Waals surface area (Å²) in [6.07, 6.45) is 2.27. The number of nitro groups is 1. The zero-order valence-electron chi connectivity index (χ0n) is 11.8. The van der Waals surface area contributed by atoms with Gasteiger partial charge in [-0.1, -0.05) is 17.7 Å². The van der Waals surface area contributed by atoms with Crippen LogP contribution in [0.1, 0.15) is 26.7 Å². The molecule has 1 aromatic carbocycles. The molecule has 0 aromatic heterocycles. The number of para-hydroxylation sites is 1. The number of nitrogens with one attached hydrogen (secondary N) is 1. The van der Waals surface area contributed by atoms with Crippen molar-refractivity contribution < 1.29 is 4.92 Å². The molecule has 6 heteroatoms. The lowest BCUT2D eigenvalue weighted by Gasteiger charge is -2.31.